The van der Waals surface area contributed by atoms with Crippen LogP contribution in [0.1, 0.15) is 45.0 Å². The third-order valence-corrected chi connectivity index (χ3v) is 4.90. The summed E-state index contributed by atoms with van der Waals surface area (Å²) in [6, 6.07) is -0.484. The smallest absolute Gasteiger partial charge is 0.321 e. The molecule has 21 heavy (non-hydrogen) atoms. The van der Waals surface area contributed by atoms with Gasteiger partial charge in [-0.25, -0.2) is 0 Å². The number of carboxylic acids is 1. The van der Waals surface area contributed by atoms with Crippen molar-refractivity contribution in [2.45, 2.75) is 52.6 Å². The van der Waals surface area contributed by atoms with E-state index in [9.17, 15) is 9.90 Å². The van der Waals surface area contributed by atoms with Crippen LogP contribution in [0.2, 0.25) is 5.02 Å². The van der Waals surface area contributed by atoms with Gasteiger partial charge in [-0.15, -0.1) is 0 Å². The average Bonchev–Trinajstić information content (AvgIpc) is 2.64. The molecule has 2 heterocycles. The summed E-state index contributed by atoms with van der Waals surface area (Å²) in [7, 11) is 1.87. The van der Waals surface area contributed by atoms with E-state index < -0.39 is 12.0 Å². The molecule has 0 spiro atoms. The van der Waals surface area contributed by atoms with Gasteiger partial charge >= 0.3 is 5.97 Å². The Morgan fingerprint density at radius 3 is 2.71 bits per heavy atom. The molecule has 0 aliphatic carbocycles. The highest BCUT2D eigenvalue weighted by Gasteiger charge is 2.42. The van der Waals surface area contributed by atoms with Gasteiger partial charge in [0.05, 0.1) is 16.4 Å². The zero-order valence-corrected chi connectivity index (χ0v) is 13.9. The molecular formula is C15H24ClN3O2. The molecular weight excluding hydrogens is 290 g/mol. The molecule has 0 amide bonds. The summed E-state index contributed by atoms with van der Waals surface area (Å²) in [6.07, 6.45) is 2.72. The quantitative estimate of drug-likeness (QED) is 0.928. The van der Waals surface area contributed by atoms with Gasteiger partial charge in [0.2, 0.25) is 0 Å². The Balaban J connectivity index is 2.29. The molecule has 6 heteroatoms. The van der Waals surface area contributed by atoms with Gasteiger partial charge in [-0.1, -0.05) is 32.4 Å². The predicted octanol–water partition coefficient (Wildman–Crippen LogP) is 2.71. The van der Waals surface area contributed by atoms with E-state index in [2.05, 4.69) is 5.10 Å². The van der Waals surface area contributed by atoms with Crippen LogP contribution in [0.15, 0.2) is 0 Å². The number of hydrogen-bond acceptors (Lipinski definition) is 3. The highest BCUT2D eigenvalue weighted by molar-refractivity contribution is 6.31. The third kappa shape index (κ3) is 3.09. The van der Waals surface area contributed by atoms with Crippen molar-refractivity contribution in [3.8, 4) is 0 Å². The largest absolute Gasteiger partial charge is 0.480 e. The Labute approximate surface area is 130 Å². The lowest BCUT2D eigenvalue weighted by Gasteiger charge is -2.44. The fourth-order valence-electron chi connectivity index (χ4n) is 3.34. The molecule has 1 aliphatic heterocycles. The van der Waals surface area contributed by atoms with Crippen LogP contribution in [0.4, 0.5) is 0 Å². The third-order valence-electron chi connectivity index (χ3n) is 4.46. The van der Waals surface area contributed by atoms with Gasteiger partial charge in [0.25, 0.3) is 0 Å². The van der Waals surface area contributed by atoms with Gasteiger partial charge in [0, 0.05) is 13.6 Å². The van der Waals surface area contributed by atoms with Crippen LogP contribution in [0.5, 0.6) is 0 Å². The van der Waals surface area contributed by atoms with E-state index in [1.54, 1.807) is 4.68 Å². The van der Waals surface area contributed by atoms with Crippen LogP contribution in [0.25, 0.3) is 0 Å². The van der Waals surface area contributed by atoms with Gasteiger partial charge in [0.1, 0.15) is 6.04 Å². The molecule has 1 saturated heterocycles. The summed E-state index contributed by atoms with van der Waals surface area (Å²) in [4.78, 5) is 13.7. The van der Waals surface area contributed by atoms with Crippen LogP contribution in [0, 0.1) is 5.41 Å². The van der Waals surface area contributed by atoms with Crippen molar-refractivity contribution in [2.24, 2.45) is 12.5 Å². The molecule has 0 bridgehead atoms. The average molecular weight is 314 g/mol. The van der Waals surface area contributed by atoms with Crippen molar-refractivity contribution >= 4 is 17.6 Å². The number of aromatic nitrogens is 2. The van der Waals surface area contributed by atoms with Crippen molar-refractivity contribution in [3.05, 3.63) is 16.4 Å². The number of carboxylic acid groups (broad SMARTS) is 1. The standard InChI is InChI=1S/C15H24ClN3O2/c1-5-10-12(16)11(18(4)17-10)9-19-8-6-7-15(2,3)13(19)14(20)21/h13H,5-9H2,1-4H3,(H,20,21). The Morgan fingerprint density at radius 2 is 2.19 bits per heavy atom. The Hall–Kier alpha value is -1.07. The van der Waals surface area contributed by atoms with Crippen LogP contribution < -0.4 is 0 Å². The minimum atomic E-state index is -0.756. The van der Waals surface area contributed by atoms with E-state index in [4.69, 9.17) is 11.6 Å². The fourth-order valence-corrected chi connectivity index (χ4v) is 3.70. The molecule has 118 valence electrons. The van der Waals surface area contributed by atoms with Crippen LogP contribution in [-0.2, 0) is 24.8 Å². The number of rotatable bonds is 4. The van der Waals surface area contributed by atoms with E-state index in [0.717, 1.165) is 37.2 Å². The van der Waals surface area contributed by atoms with E-state index in [1.807, 2.05) is 32.7 Å². The van der Waals surface area contributed by atoms with Crippen LogP contribution in [-0.4, -0.2) is 38.3 Å². The van der Waals surface area contributed by atoms with Crippen molar-refractivity contribution in [1.82, 2.24) is 14.7 Å². The SMILES string of the molecule is CCc1nn(C)c(CN2CCCC(C)(C)C2C(=O)O)c1Cl. The van der Waals surface area contributed by atoms with E-state index >= 15 is 0 Å². The van der Waals surface area contributed by atoms with Crippen LogP contribution in [0.3, 0.4) is 0 Å². The summed E-state index contributed by atoms with van der Waals surface area (Å²) in [6.45, 7) is 7.38. The summed E-state index contributed by atoms with van der Waals surface area (Å²) < 4.78 is 1.78. The molecule has 0 aromatic carbocycles. The topological polar surface area (TPSA) is 58.4 Å². The summed E-state index contributed by atoms with van der Waals surface area (Å²) in [5.74, 6) is -0.756. The second-order valence-corrected chi connectivity index (χ2v) is 6.87. The number of hydrogen-bond donors (Lipinski definition) is 1. The first-order valence-electron chi connectivity index (χ1n) is 7.45. The Morgan fingerprint density at radius 1 is 1.52 bits per heavy atom. The van der Waals surface area contributed by atoms with Crippen molar-refractivity contribution in [1.29, 1.82) is 0 Å². The second kappa shape index (κ2) is 5.97. The minimum absolute atomic E-state index is 0.233. The highest BCUT2D eigenvalue weighted by Crippen LogP contribution is 2.36. The Kier molecular flexibility index (Phi) is 4.63. The summed E-state index contributed by atoms with van der Waals surface area (Å²) in [5, 5.41) is 14.7. The lowest BCUT2D eigenvalue weighted by molar-refractivity contribution is -0.151. The number of halogens is 1. The zero-order chi connectivity index (χ0) is 15.8. The molecule has 0 radical (unpaired) electrons. The van der Waals surface area contributed by atoms with Gasteiger partial charge in [-0.3, -0.25) is 14.4 Å². The lowest BCUT2D eigenvalue weighted by Crippen LogP contribution is -2.53. The number of nitrogens with zero attached hydrogens (tertiary/aromatic N) is 3. The Bertz CT molecular complexity index is 539. The highest BCUT2D eigenvalue weighted by atomic mass is 35.5. The maximum absolute atomic E-state index is 11.7. The van der Waals surface area contributed by atoms with Crippen molar-refractivity contribution in [3.63, 3.8) is 0 Å². The summed E-state index contributed by atoms with van der Waals surface area (Å²) >= 11 is 6.39. The molecule has 1 aliphatic rings. The first kappa shape index (κ1) is 16.3. The number of aryl methyl sites for hydroxylation is 2. The van der Waals surface area contributed by atoms with Crippen molar-refractivity contribution < 1.29 is 9.90 Å². The molecule has 5 nitrogen and oxygen atoms in total. The molecule has 1 unspecified atom stereocenters. The van der Waals surface area contributed by atoms with Crippen LogP contribution >= 0.6 is 11.6 Å². The monoisotopic (exact) mass is 313 g/mol. The second-order valence-electron chi connectivity index (χ2n) is 6.49. The van der Waals surface area contributed by atoms with Gasteiger partial charge < -0.3 is 5.11 Å². The summed E-state index contributed by atoms with van der Waals surface area (Å²) in [5.41, 5.74) is 1.54. The normalized spacial score (nSPS) is 22.4. The predicted molar refractivity (Wildman–Crippen MR) is 82.4 cm³/mol. The molecule has 1 atom stereocenters. The fraction of sp³-hybridized carbons (Fsp3) is 0.733. The van der Waals surface area contributed by atoms with Crippen molar-refractivity contribution in [2.75, 3.05) is 6.54 Å². The molecule has 1 aromatic rings. The maximum Gasteiger partial charge on any atom is 0.321 e. The number of likely N-dealkylation sites (tertiary alicyclic amines) is 1. The van der Waals surface area contributed by atoms with E-state index in [0.29, 0.717) is 11.6 Å². The van der Waals surface area contributed by atoms with Gasteiger partial charge in [-0.2, -0.15) is 5.10 Å². The maximum atomic E-state index is 11.7. The molecule has 2 rings (SSSR count). The number of piperidine rings is 1. The molecule has 1 aromatic heterocycles. The first-order chi connectivity index (χ1) is 9.77. The van der Waals surface area contributed by atoms with E-state index in [1.165, 1.54) is 0 Å². The first-order valence-corrected chi connectivity index (χ1v) is 7.82. The minimum Gasteiger partial charge on any atom is -0.480 e. The molecule has 0 saturated carbocycles. The molecule has 1 fully saturated rings. The lowest BCUT2D eigenvalue weighted by atomic mass is 9.76. The van der Waals surface area contributed by atoms with E-state index in [-0.39, 0.29) is 5.41 Å². The zero-order valence-electron chi connectivity index (χ0n) is 13.2. The molecule has 1 N–H and O–H groups in total. The van der Waals surface area contributed by atoms with Gasteiger partial charge in [-0.05, 0) is 31.2 Å². The van der Waals surface area contributed by atoms with Gasteiger partial charge in [0.15, 0.2) is 0 Å². The number of carbonyl (C=O) groups is 1. The number of aliphatic carboxylic acids is 1.